The Balaban J connectivity index is 2.04. The van der Waals surface area contributed by atoms with E-state index in [9.17, 15) is 0 Å². The predicted octanol–water partition coefficient (Wildman–Crippen LogP) is 5.46. The molecule has 0 saturated carbocycles. The maximum absolute atomic E-state index is 4.88. The fourth-order valence-corrected chi connectivity index (χ4v) is 3.16. The van der Waals surface area contributed by atoms with Crippen molar-refractivity contribution in [2.45, 2.75) is 0 Å². The molecule has 0 aliphatic heterocycles. The standard InChI is InChI=1S/C19H13BrN2/c20-17-12-6-4-10-15(17)19-16-11-5-7-13-18(16)22(21-19)14-8-2-1-3-9-14/h1-13H. The Morgan fingerprint density at radius 2 is 1.41 bits per heavy atom. The van der Waals surface area contributed by atoms with Crippen molar-refractivity contribution in [3.63, 3.8) is 0 Å². The lowest BCUT2D eigenvalue weighted by molar-refractivity contribution is 0.915. The highest BCUT2D eigenvalue weighted by atomic mass is 79.9. The molecule has 106 valence electrons. The van der Waals surface area contributed by atoms with Gasteiger partial charge in [-0.25, -0.2) is 4.68 Å². The van der Waals surface area contributed by atoms with Crippen molar-refractivity contribution in [2.75, 3.05) is 0 Å². The second-order valence-corrected chi connectivity index (χ2v) is 5.95. The van der Waals surface area contributed by atoms with E-state index in [-0.39, 0.29) is 0 Å². The lowest BCUT2D eigenvalue weighted by atomic mass is 10.1. The van der Waals surface area contributed by atoms with Crippen molar-refractivity contribution in [3.05, 3.63) is 83.3 Å². The molecule has 4 aromatic rings. The monoisotopic (exact) mass is 348 g/mol. The lowest BCUT2D eigenvalue weighted by Gasteiger charge is -2.02. The first-order chi connectivity index (χ1) is 10.8. The largest absolute Gasteiger partial charge is 0.232 e. The summed E-state index contributed by atoms with van der Waals surface area (Å²) in [6, 6.07) is 26.8. The number of aromatic nitrogens is 2. The van der Waals surface area contributed by atoms with E-state index in [1.54, 1.807) is 0 Å². The van der Waals surface area contributed by atoms with Gasteiger partial charge in [0.25, 0.3) is 0 Å². The van der Waals surface area contributed by atoms with Crippen molar-refractivity contribution in [1.82, 2.24) is 9.78 Å². The molecular weight excluding hydrogens is 336 g/mol. The number of halogens is 1. The Hall–Kier alpha value is -2.39. The van der Waals surface area contributed by atoms with Gasteiger partial charge < -0.3 is 0 Å². The van der Waals surface area contributed by atoms with Crippen LogP contribution >= 0.6 is 15.9 Å². The maximum Gasteiger partial charge on any atom is 0.102 e. The molecule has 0 radical (unpaired) electrons. The number of nitrogens with zero attached hydrogens (tertiary/aromatic N) is 2. The number of hydrogen-bond acceptors (Lipinski definition) is 1. The molecule has 0 spiro atoms. The third-order valence-electron chi connectivity index (χ3n) is 3.72. The summed E-state index contributed by atoms with van der Waals surface area (Å²) in [5, 5.41) is 6.03. The van der Waals surface area contributed by atoms with E-state index in [0.717, 1.165) is 32.3 Å². The SMILES string of the molecule is Brc1ccccc1-c1nn(-c2ccccc2)c2ccccc12. The molecule has 0 aliphatic rings. The van der Waals surface area contributed by atoms with Gasteiger partial charge in [0.2, 0.25) is 0 Å². The van der Waals surface area contributed by atoms with Crippen LogP contribution in [0.25, 0.3) is 27.8 Å². The molecule has 1 aromatic heterocycles. The van der Waals surface area contributed by atoms with Gasteiger partial charge in [-0.3, -0.25) is 0 Å². The van der Waals surface area contributed by atoms with E-state index >= 15 is 0 Å². The van der Waals surface area contributed by atoms with Crippen LogP contribution in [0, 0.1) is 0 Å². The van der Waals surface area contributed by atoms with E-state index in [1.165, 1.54) is 0 Å². The normalized spacial score (nSPS) is 11.0. The first-order valence-corrected chi connectivity index (χ1v) is 7.92. The molecule has 0 N–H and O–H groups in total. The summed E-state index contributed by atoms with van der Waals surface area (Å²) in [5.74, 6) is 0. The summed E-state index contributed by atoms with van der Waals surface area (Å²) in [6.45, 7) is 0. The molecule has 0 atom stereocenters. The van der Waals surface area contributed by atoms with Gasteiger partial charge in [-0.15, -0.1) is 0 Å². The molecule has 3 heteroatoms. The van der Waals surface area contributed by atoms with Gasteiger partial charge in [0.05, 0.1) is 11.2 Å². The van der Waals surface area contributed by atoms with Crippen molar-refractivity contribution in [2.24, 2.45) is 0 Å². The van der Waals surface area contributed by atoms with Crippen LogP contribution < -0.4 is 0 Å². The Morgan fingerprint density at radius 3 is 2.23 bits per heavy atom. The zero-order valence-corrected chi connectivity index (χ0v) is 13.4. The minimum Gasteiger partial charge on any atom is -0.232 e. The van der Waals surface area contributed by atoms with E-state index < -0.39 is 0 Å². The van der Waals surface area contributed by atoms with Crippen LogP contribution in [0.15, 0.2) is 83.3 Å². The topological polar surface area (TPSA) is 17.8 Å². The molecule has 1 heterocycles. The zero-order valence-electron chi connectivity index (χ0n) is 11.8. The van der Waals surface area contributed by atoms with Gasteiger partial charge in [-0.2, -0.15) is 5.10 Å². The van der Waals surface area contributed by atoms with Gasteiger partial charge in [-0.1, -0.05) is 70.5 Å². The summed E-state index contributed by atoms with van der Waals surface area (Å²) in [6.07, 6.45) is 0. The molecular formula is C19H13BrN2. The van der Waals surface area contributed by atoms with Crippen LogP contribution in [-0.4, -0.2) is 9.78 Å². The number of benzene rings is 3. The highest BCUT2D eigenvalue weighted by Crippen LogP contribution is 2.33. The Morgan fingerprint density at radius 1 is 0.727 bits per heavy atom. The van der Waals surface area contributed by atoms with Crippen molar-refractivity contribution in [1.29, 1.82) is 0 Å². The van der Waals surface area contributed by atoms with Crippen LogP contribution in [0.4, 0.5) is 0 Å². The first-order valence-electron chi connectivity index (χ1n) is 7.13. The summed E-state index contributed by atoms with van der Waals surface area (Å²) in [7, 11) is 0. The average Bonchev–Trinajstić information content (AvgIpc) is 2.96. The van der Waals surface area contributed by atoms with E-state index in [2.05, 4.69) is 52.3 Å². The summed E-state index contributed by atoms with van der Waals surface area (Å²) in [5.41, 5.74) is 4.27. The highest BCUT2D eigenvalue weighted by Gasteiger charge is 2.14. The third-order valence-corrected chi connectivity index (χ3v) is 4.41. The summed E-state index contributed by atoms with van der Waals surface area (Å²) < 4.78 is 3.06. The van der Waals surface area contributed by atoms with Crippen LogP contribution in [0.3, 0.4) is 0 Å². The first kappa shape index (κ1) is 13.3. The Bertz CT molecular complexity index is 942. The maximum atomic E-state index is 4.88. The van der Waals surface area contributed by atoms with Crippen molar-refractivity contribution >= 4 is 26.8 Å². The van der Waals surface area contributed by atoms with Crippen molar-refractivity contribution in [3.8, 4) is 16.9 Å². The lowest BCUT2D eigenvalue weighted by Crippen LogP contribution is -1.95. The Kier molecular flexibility index (Phi) is 3.28. The number of fused-ring (bicyclic) bond motifs is 1. The number of hydrogen-bond donors (Lipinski definition) is 0. The van der Waals surface area contributed by atoms with Crippen LogP contribution in [0.5, 0.6) is 0 Å². The van der Waals surface area contributed by atoms with Crippen LogP contribution in [0.1, 0.15) is 0 Å². The van der Waals surface area contributed by atoms with E-state index in [4.69, 9.17) is 5.10 Å². The zero-order chi connectivity index (χ0) is 14.9. The fraction of sp³-hybridized carbons (Fsp3) is 0. The van der Waals surface area contributed by atoms with Crippen molar-refractivity contribution < 1.29 is 0 Å². The summed E-state index contributed by atoms with van der Waals surface area (Å²) >= 11 is 3.63. The fourth-order valence-electron chi connectivity index (χ4n) is 2.68. The highest BCUT2D eigenvalue weighted by molar-refractivity contribution is 9.10. The molecule has 0 bridgehead atoms. The molecule has 2 nitrogen and oxygen atoms in total. The number of para-hydroxylation sites is 2. The second-order valence-electron chi connectivity index (χ2n) is 5.09. The van der Waals surface area contributed by atoms with Gasteiger partial charge in [0.15, 0.2) is 0 Å². The predicted molar refractivity (Wildman–Crippen MR) is 94.2 cm³/mol. The van der Waals surface area contributed by atoms with Crippen LogP contribution in [-0.2, 0) is 0 Å². The van der Waals surface area contributed by atoms with Crippen LogP contribution in [0.2, 0.25) is 0 Å². The van der Waals surface area contributed by atoms with Gasteiger partial charge in [0, 0.05) is 15.4 Å². The molecule has 0 fully saturated rings. The third kappa shape index (κ3) is 2.14. The summed E-state index contributed by atoms with van der Waals surface area (Å²) in [4.78, 5) is 0. The Labute approximate surface area is 137 Å². The second kappa shape index (κ2) is 5.43. The molecule has 4 rings (SSSR count). The number of rotatable bonds is 2. The van der Waals surface area contributed by atoms with Gasteiger partial charge in [0.1, 0.15) is 5.69 Å². The van der Waals surface area contributed by atoms with Gasteiger partial charge >= 0.3 is 0 Å². The molecule has 0 aliphatic carbocycles. The molecule has 0 unspecified atom stereocenters. The minimum atomic E-state index is 0.993. The quantitative estimate of drug-likeness (QED) is 0.470. The molecule has 3 aromatic carbocycles. The smallest absolute Gasteiger partial charge is 0.102 e. The molecule has 22 heavy (non-hydrogen) atoms. The molecule has 0 saturated heterocycles. The van der Waals surface area contributed by atoms with E-state index in [0.29, 0.717) is 0 Å². The average molecular weight is 349 g/mol. The molecule has 0 amide bonds. The van der Waals surface area contributed by atoms with Gasteiger partial charge in [-0.05, 0) is 24.3 Å². The van der Waals surface area contributed by atoms with E-state index in [1.807, 2.05) is 47.1 Å². The minimum absolute atomic E-state index is 0.993.